The minimum atomic E-state index is 0.113. The first-order valence-electron chi connectivity index (χ1n) is 6.94. The summed E-state index contributed by atoms with van der Waals surface area (Å²) in [5.74, 6) is 0.256. The number of amidine groups is 1. The van der Waals surface area contributed by atoms with Crippen LogP contribution in [0.2, 0.25) is 0 Å². The molecule has 0 aliphatic carbocycles. The van der Waals surface area contributed by atoms with Gasteiger partial charge in [-0.1, -0.05) is 41.6 Å². The van der Waals surface area contributed by atoms with E-state index in [1.54, 1.807) is 11.3 Å². The fourth-order valence-electron chi connectivity index (χ4n) is 2.34. The van der Waals surface area contributed by atoms with Crippen molar-refractivity contribution in [1.29, 1.82) is 0 Å². The van der Waals surface area contributed by atoms with Crippen LogP contribution in [0.25, 0.3) is 0 Å². The summed E-state index contributed by atoms with van der Waals surface area (Å²) < 4.78 is 0. The summed E-state index contributed by atoms with van der Waals surface area (Å²) in [6.45, 7) is 0.929. The number of rotatable bonds is 7. The lowest BCUT2D eigenvalue weighted by Crippen LogP contribution is -2.30. The molecule has 4 nitrogen and oxygen atoms in total. The number of hydrogen-bond donors (Lipinski definition) is 2. The van der Waals surface area contributed by atoms with Crippen molar-refractivity contribution in [2.75, 3.05) is 13.6 Å². The Labute approximate surface area is 129 Å². The summed E-state index contributed by atoms with van der Waals surface area (Å²) in [7, 11) is 2.08. The molecule has 0 fully saturated rings. The standard InChI is InChI=1S/C16H21N3OS/c1-19(10-9-14-8-5-11-21-14)15(12-16(17)18-20)13-6-3-2-4-7-13/h2-8,11,15,20H,9-10,12H2,1H3,(H2,17,18). The fraction of sp³-hybridized carbons (Fsp3) is 0.312. The van der Waals surface area contributed by atoms with Crippen molar-refractivity contribution < 1.29 is 5.21 Å². The number of hydrogen-bond acceptors (Lipinski definition) is 4. The van der Waals surface area contributed by atoms with Gasteiger partial charge in [-0.2, -0.15) is 0 Å². The summed E-state index contributed by atoms with van der Waals surface area (Å²) in [4.78, 5) is 3.63. The molecule has 112 valence electrons. The lowest BCUT2D eigenvalue weighted by Gasteiger charge is -2.28. The zero-order chi connectivity index (χ0) is 15.1. The molecule has 0 saturated carbocycles. The van der Waals surface area contributed by atoms with Gasteiger partial charge in [0, 0.05) is 23.9 Å². The van der Waals surface area contributed by atoms with Crippen LogP contribution in [0.5, 0.6) is 0 Å². The summed E-state index contributed by atoms with van der Waals surface area (Å²) in [6, 6.07) is 14.5. The van der Waals surface area contributed by atoms with Crippen molar-refractivity contribution in [2.24, 2.45) is 10.9 Å². The van der Waals surface area contributed by atoms with Crippen molar-refractivity contribution in [1.82, 2.24) is 4.90 Å². The van der Waals surface area contributed by atoms with E-state index < -0.39 is 0 Å². The molecule has 3 N–H and O–H groups in total. The number of nitrogens with two attached hydrogens (primary N) is 1. The molecule has 1 heterocycles. The number of oxime groups is 1. The minimum absolute atomic E-state index is 0.113. The Kier molecular flexibility index (Phi) is 5.78. The van der Waals surface area contributed by atoms with Crippen LogP contribution in [0.4, 0.5) is 0 Å². The van der Waals surface area contributed by atoms with Crippen LogP contribution in [0, 0.1) is 0 Å². The molecule has 21 heavy (non-hydrogen) atoms. The summed E-state index contributed by atoms with van der Waals surface area (Å²) in [5, 5.41) is 14.1. The highest BCUT2D eigenvalue weighted by Gasteiger charge is 2.18. The maximum absolute atomic E-state index is 8.84. The lowest BCUT2D eigenvalue weighted by atomic mass is 10.0. The van der Waals surface area contributed by atoms with Gasteiger partial charge in [-0.3, -0.25) is 4.90 Å². The smallest absolute Gasteiger partial charge is 0.141 e. The molecule has 0 saturated heterocycles. The first kappa shape index (κ1) is 15.5. The summed E-state index contributed by atoms with van der Waals surface area (Å²) in [6.07, 6.45) is 1.52. The predicted octanol–water partition coefficient (Wildman–Crippen LogP) is 3.10. The molecular weight excluding hydrogens is 282 g/mol. The van der Waals surface area contributed by atoms with Crippen LogP contribution in [0.15, 0.2) is 53.0 Å². The Balaban J connectivity index is 2.07. The van der Waals surface area contributed by atoms with Gasteiger partial charge in [0.05, 0.1) is 0 Å². The first-order valence-corrected chi connectivity index (χ1v) is 7.82. The largest absolute Gasteiger partial charge is 0.409 e. The number of benzene rings is 1. The third-order valence-electron chi connectivity index (χ3n) is 3.54. The number of likely N-dealkylation sites (N-methyl/N-ethyl adjacent to an activating group) is 1. The van der Waals surface area contributed by atoms with E-state index in [9.17, 15) is 0 Å². The molecule has 0 radical (unpaired) electrons. The Bertz CT molecular complexity index is 554. The Hall–Kier alpha value is -1.85. The molecule has 1 unspecified atom stereocenters. The second-order valence-electron chi connectivity index (χ2n) is 5.03. The van der Waals surface area contributed by atoms with Crippen molar-refractivity contribution in [2.45, 2.75) is 18.9 Å². The lowest BCUT2D eigenvalue weighted by molar-refractivity contribution is 0.250. The van der Waals surface area contributed by atoms with Crippen LogP contribution in [0.1, 0.15) is 22.9 Å². The molecule has 0 bridgehead atoms. The molecule has 1 aromatic carbocycles. The van der Waals surface area contributed by atoms with Crippen molar-refractivity contribution in [3.05, 3.63) is 58.3 Å². The monoisotopic (exact) mass is 303 g/mol. The van der Waals surface area contributed by atoms with E-state index in [4.69, 9.17) is 10.9 Å². The Morgan fingerprint density at radius 1 is 1.29 bits per heavy atom. The molecule has 0 spiro atoms. The molecule has 0 amide bonds. The van der Waals surface area contributed by atoms with Gasteiger partial charge >= 0.3 is 0 Å². The van der Waals surface area contributed by atoms with E-state index >= 15 is 0 Å². The topological polar surface area (TPSA) is 61.8 Å². The zero-order valence-electron chi connectivity index (χ0n) is 12.1. The molecule has 2 aromatic rings. The van der Waals surface area contributed by atoms with Crippen LogP contribution in [0.3, 0.4) is 0 Å². The number of nitrogens with zero attached hydrogens (tertiary/aromatic N) is 2. The molecule has 2 rings (SSSR count). The van der Waals surface area contributed by atoms with E-state index in [0.717, 1.165) is 13.0 Å². The third kappa shape index (κ3) is 4.58. The highest BCUT2D eigenvalue weighted by molar-refractivity contribution is 7.09. The van der Waals surface area contributed by atoms with Crippen LogP contribution < -0.4 is 5.73 Å². The quantitative estimate of drug-likeness (QED) is 0.357. The molecular formula is C16H21N3OS. The Morgan fingerprint density at radius 3 is 2.67 bits per heavy atom. The van der Waals surface area contributed by atoms with Gasteiger partial charge in [-0.15, -0.1) is 11.3 Å². The Morgan fingerprint density at radius 2 is 2.05 bits per heavy atom. The van der Waals surface area contributed by atoms with Crippen LogP contribution in [-0.4, -0.2) is 29.5 Å². The highest BCUT2D eigenvalue weighted by atomic mass is 32.1. The highest BCUT2D eigenvalue weighted by Crippen LogP contribution is 2.23. The SMILES string of the molecule is CN(CCc1cccs1)C(CC(N)=NO)c1ccccc1. The van der Waals surface area contributed by atoms with Gasteiger partial charge in [0.1, 0.15) is 5.84 Å². The molecule has 5 heteroatoms. The minimum Gasteiger partial charge on any atom is -0.409 e. The van der Waals surface area contributed by atoms with Gasteiger partial charge < -0.3 is 10.9 Å². The van der Waals surface area contributed by atoms with Gasteiger partial charge in [0.2, 0.25) is 0 Å². The molecule has 1 atom stereocenters. The normalized spacial score (nSPS) is 13.5. The van der Waals surface area contributed by atoms with Crippen molar-refractivity contribution in [3.63, 3.8) is 0 Å². The summed E-state index contributed by atoms with van der Waals surface area (Å²) in [5.41, 5.74) is 6.89. The van der Waals surface area contributed by atoms with Crippen LogP contribution >= 0.6 is 11.3 Å². The van der Waals surface area contributed by atoms with Gasteiger partial charge in [0.25, 0.3) is 0 Å². The van der Waals surface area contributed by atoms with E-state index in [1.807, 2.05) is 18.2 Å². The number of thiophene rings is 1. The van der Waals surface area contributed by atoms with Crippen molar-refractivity contribution >= 4 is 17.2 Å². The maximum atomic E-state index is 8.84. The average Bonchev–Trinajstić information content (AvgIpc) is 3.04. The third-order valence-corrected chi connectivity index (χ3v) is 4.47. The van der Waals surface area contributed by atoms with Gasteiger partial charge in [-0.05, 0) is 30.5 Å². The molecule has 0 aliphatic rings. The average molecular weight is 303 g/mol. The van der Waals surface area contributed by atoms with E-state index in [-0.39, 0.29) is 11.9 Å². The van der Waals surface area contributed by atoms with Gasteiger partial charge in [-0.25, -0.2) is 0 Å². The fourth-order valence-corrected chi connectivity index (χ4v) is 3.04. The predicted molar refractivity (Wildman–Crippen MR) is 87.9 cm³/mol. The molecule has 1 aromatic heterocycles. The first-order chi connectivity index (χ1) is 10.2. The van der Waals surface area contributed by atoms with E-state index in [1.165, 1.54) is 10.4 Å². The van der Waals surface area contributed by atoms with E-state index in [2.05, 4.69) is 46.7 Å². The van der Waals surface area contributed by atoms with Crippen molar-refractivity contribution in [3.8, 4) is 0 Å². The molecule has 0 aliphatic heterocycles. The zero-order valence-corrected chi connectivity index (χ0v) is 13.0. The van der Waals surface area contributed by atoms with Crippen LogP contribution in [-0.2, 0) is 6.42 Å². The summed E-state index contributed by atoms with van der Waals surface area (Å²) >= 11 is 1.78. The second kappa shape index (κ2) is 7.81. The second-order valence-corrected chi connectivity index (χ2v) is 6.06. The van der Waals surface area contributed by atoms with E-state index in [0.29, 0.717) is 6.42 Å². The van der Waals surface area contributed by atoms with Gasteiger partial charge in [0.15, 0.2) is 0 Å². The maximum Gasteiger partial charge on any atom is 0.141 e.